The van der Waals surface area contributed by atoms with Crippen LogP contribution in [-0.2, 0) is 0 Å². The lowest BCUT2D eigenvalue weighted by Gasteiger charge is -2.16. The van der Waals surface area contributed by atoms with Gasteiger partial charge in [-0.25, -0.2) is 0 Å². The highest BCUT2D eigenvalue weighted by Crippen LogP contribution is 1.73. The summed E-state index contributed by atoms with van der Waals surface area (Å²) < 4.78 is 2.53. The minimum absolute atomic E-state index is 0.548. The summed E-state index contributed by atoms with van der Waals surface area (Å²) in [6, 6.07) is 0. The SMILES string of the molecule is CN[SiH](C)N([SiH3])[SiH3]. The first-order valence-electron chi connectivity index (χ1n) is 2.52. The third-order valence-electron chi connectivity index (χ3n) is 1.19. The molecule has 0 aliphatic heterocycles. The average Bonchev–Trinajstić information content (AvgIpc) is 1.65. The van der Waals surface area contributed by atoms with Crippen molar-refractivity contribution in [3.05, 3.63) is 0 Å². The molecule has 0 fully saturated rings. The number of rotatable bonds is 2. The van der Waals surface area contributed by atoms with E-state index in [9.17, 15) is 0 Å². The minimum atomic E-state index is -0.548. The first-order valence-corrected chi connectivity index (χ1v) is 6.56. The van der Waals surface area contributed by atoms with Crippen LogP contribution < -0.4 is 4.98 Å². The number of hydrogen-bond donors (Lipinski definition) is 1. The molecular formula is C2H14N2Si3. The molecule has 7 heavy (non-hydrogen) atoms. The Balaban J connectivity index is 3.14. The van der Waals surface area contributed by atoms with Crippen LogP contribution in [0.5, 0.6) is 0 Å². The third-order valence-corrected chi connectivity index (χ3v) is 8.22. The summed E-state index contributed by atoms with van der Waals surface area (Å²) in [5.74, 6) is 0. The summed E-state index contributed by atoms with van der Waals surface area (Å²) in [7, 11) is 4.02. The van der Waals surface area contributed by atoms with E-state index in [1.165, 1.54) is 20.8 Å². The van der Waals surface area contributed by atoms with Crippen molar-refractivity contribution in [2.45, 2.75) is 6.55 Å². The molecule has 0 amide bonds. The van der Waals surface area contributed by atoms with E-state index < -0.39 is 9.12 Å². The van der Waals surface area contributed by atoms with Gasteiger partial charge in [-0.15, -0.1) is 0 Å². The predicted molar refractivity (Wildman–Crippen MR) is 43.8 cm³/mol. The highest BCUT2D eigenvalue weighted by atomic mass is 28.4. The maximum atomic E-state index is 3.30. The number of nitrogens with one attached hydrogen (secondary N) is 1. The Morgan fingerprint density at radius 1 is 1.57 bits per heavy atom. The molecule has 0 spiro atoms. The van der Waals surface area contributed by atoms with Gasteiger partial charge in [0.25, 0.3) is 0 Å². The zero-order valence-corrected chi connectivity index (χ0v) is 10.7. The Labute approximate surface area is 53.1 Å². The molecule has 0 bridgehead atoms. The van der Waals surface area contributed by atoms with Gasteiger partial charge < -0.3 is 8.88 Å². The fourth-order valence-electron chi connectivity index (χ4n) is 0.258. The third kappa shape index (κ3) is 3.18. The lowest BCUT2D eigenvalue weighted by atomic mass is 11.6. The van der Waals surface area contributed by atoms with Crippen LogP contribution in [0.15, 0.2) is 0 Å². The zero-order chi connectivity index (χ0) is 5.86. The molecule has 0 aliphatic rings. The molecule has 0 radical (unpaired) electrons. The van der Waals surface area contributed by atoms with Gasteiger partial charge in [-0.3, -0.25) is 0 Å². The Morgan fingerprint density at radius 3 is 2.00 bits per heavy atom. The van der Waals surface area contributed by atoms with Crippen LogP contribution >= 0.6 is 0 Å². The van der Waals surface area contributed by atoms with Crippen molar-refractivity contribution in [3.63, 3.8) is 0 Å². The van der Waals surface area contributed by atoms with Gasteiger partial charge >= 0.3 is 0 Å². The van der Waals surface area contributed by atoms with Gasteiger partial charge in [0.2, 0.25) is 0 Å². The van der Waals surface area contributed by atoms with Crippen molar-refractivity contribution < 1.29 is 0 Å². The standard InChI is InChI=1S/C2H14N2Si3/c1-3-7(2)4(5)6/h3,7H,1-2,5-6H3. The van der Waals surface area contributed by atoms with Gasteiger partial charge in [0.05, 0.1) is 20.8 Å². The van der Waals surface area contributed by atoms with Gasteiger partial charge in [0, 0.05) is 0 Å². The van der Waals surface area contributed by atoms with Crippen LogP contribution in [0.4, 0.5) is 0 Å². The molecule has 0 heterocycles. The van der Waals surface area contributed by atoms with E-state index in [4.69, 9.17) is 0 Å². The van der Waals surface area contributed by atoms with Crippen LogP contribution in [0.25, 0.3) is 0 Å². The largest absolute Gasteiger partial charge is 0.373 e. The Kier molecular flexibility index (Phi) is 3.85. The van der Waals surface area contributed by atoms with Crippen molar-refractivity contribution >= 4 is 29.9 Å². The normalized spacial score (nSPS) is 15.9. The summed E-state index contributed by atoms with van der Waals surface area (Å²) in [6.45, 7) is 2.32. The fourth-order valence-corrected chi connectivity index (χ4v) is 2.32. The molecule has 2 nitrogen and oxygen atoms in total. The second kappa shape index (κ2) is 3.56. The zero-order valence-electron chi connectivity index (χ0n) is 5.52. The van der Waals surface area contributed by atoms with E-state index in [1.54, 1.807) is 0 Å². The molecule has 0 aromatic rings. The number of nitrogens with zero attached hydrogens (tertiary/aromatic N) is 1. The minimum Gasteiger partial charge on any atom is -0.373 e. The topological polar surface area (TPSA) is 15.3 Å². The molecule has 0 aliphatic carbocycles. The smallest absolute Gasteiger partial charge is 0.169 e. The first kappa shape index (κ1) is 7.57. The monoisotopic (exact) mass is 150 g/mol. The van der Waals surface area contributed by atoms with Crippen molar-refractivity contribution in [2.24, 2.45) is 0 Å². The lowest BCUT2D eigenvalue weighted by Crippen LogP contribution is -2.43. The molecule has 0 rings (SSSR count). The van der Waals surface area contributed by atoms with Gasteiger partial charge in [0.1, 0.15) is 0 Å². The lowest BCUT2D eigenvalue weighted by molar-refractivity contribution is 1.01. The molecule has 5 heteroatoms. The van der Waals surface area contributed by atoms with Gasteiger partial charge in [-0.05, 0) is 13.6 Å². The molecule has 1 unspecified atom stereocenters. The van der Waals surface area contributed by atoms with Crippen LogP contribution in [-0.4, -0.2) is 40.9 Å². The van der Waals surface area contributed by atoms with E-state index in [0.717, 1.165) is 0 Å². The highest BCUT2D eigenvalue weighted by molar-refractivity contribution is 6.64. The Bertz CT molecular complexity index is 48.2. The maximum Gasteiger partial charge on any atom is 0.169 e. The average molecular weight is 150 g/mol. The van der Waals surface area contributed by atoms with Crippen LogP contribution in [0.3, 0.4) is 0 Å². The van der Waals surface area contributed by atoms with E-state index in [-0.39, 0.29) is 0 Å². The van der Waals surface area contributed by atoms with Crippen molar-refractivity contribution in [3.8, 4) is 0 Å². The van der Waals surface area contributed by atoms with E-state index in [0.29, 0.717) is 0 Å². The van der Waals surface area contributed by atoms with Crippen molar-refractivity contribution in [2.75, 3.05) is 7.05 Å². The Morgan fingerprint density at radius 2 is 2.00 bits per heavy atom. The van der Waals surface area contributed by atoms with Gasteiger partial charge in [-0.2, -0.15) is 0 Å². The highest BCUT2D eigenvalue weighted by Gasteiger charge is 1.98. The molecule has 1 atom stereocenters. The van der Waals surface area contributed by atoms with E-state index in [1.807, 2.05) is 0 Å². The van der Waals surface area contributed by atoms with E-state index >= 15 is 0 Å². The second-order valence-electron chi connectivity index (χ2n) is 1.93. The second-order valence-corrected chi connectivity index (χ2v) is 11.6. The van der Waals surface area contributed by atoms with Gasteiger partial charge in [-0.1, -0.05) is 0 Å². The van der Waals surface area contributed by atoms with Crippen LogP contribution in [0.1, 0.15) is 0 Å². The molecule has 0 aromatic heterocycles. The summed E-state index contributed by atoms with van der Waals surface area (Å²) >= 11 is 0. The van der Waals surface area contributed by atoms with Crippen molar-refractivity contribution in [1.29, 1.82) is 0 Å². The predicted octanol–water partition coefficient (Wildman–Crippen LogP) is -3.08. The molecular weight excluding hydrogens is 136 g/mol. The molecule has 1 N–H and O–H groups in total. The summed E-state index contributed by atoms with van der Waals surface area (Å²) in [5, 5.41) is 0. The molecule has 44 valence electrons. The summed E-state index contributed by atoms with van der Waals surface area (Å²) in [4.78, 5) is 3.30. The quantitative estimate of drug-likeness (QED) is 0.420. The molecule has 0 saturated heterocycles. The molecule has 0 aromatic carbocycles. The van der Waals surface area contributed by atoms with Gasteiger partial charge in [0.15, 0.2) is 9.12 Å². The maximum absolute atomic E-state index is 3.30. The fraction of sp³-hybridized carbons (Fsp3) is 1.00. The van der Waals surface area contributed by atoms with Crippen LogP contribution in [0.2, 0.25) is 6.55 Å². The van der Waals surface area contributed by atoms with E-state index in [2.05, 4.69) is 22.5 Å². The van der Waals surface area contributed by atoms with Crippen LogP contribution in [0, 0.1) is 0 Å². The first-order chi connectivity index (χ1) is 3.18. The number of hydrogen-bond acceptors (Lipinski definition) is 2. The summed E-state index contributed by atoms with van der Waals surface area (Å²) in [6.07, 6.45) is 0. The Hall–Kier alpha value is 0.571. The molecule has 0 saturated carbocycles. The van der Waals surface area contributed by atoms with Crippen molar-refractivity contribution in [1.82, 2.24) is 8.88 Å². The summed E-state index contributed by atoms with van der Waals surface area (Å²) in [5.41, 5.74) is 0.